The Kier molecular flexibility index (Phi) is 5.06. The summed E-state index contributed by atoms with van der Waals surface area (Å²) >= 11 is 0. The van der Waals surface area contributed by atoms with Crippen LogP contribution in [-0.4, -0.2) is 19.5 Å². The van der Waals surface area contributed by atoms with Gasteiger partial charge >= 0.3 is 0 Å². The van der Waals surface area contributed by atoms with Crippen molar-refractivity contribution in [2.24, 2.45) is 5.73 Å². The molecule has 2 rings (SSSR count). The highest BCUT2D eigenvalue weighted by molar-refractivity contribution is 5.94. The highest BCUT2D eigenvalue weighted by atomic mass is 19.1. The fourth-order valence-corrected chi connectivity index (χ4v) is 2.43. The topological polar surface area (TPSA) is 55.1 Å². The summed E-state index contributed by atoms with van der Waals surface area (Å²) in [4.78, 5) is 11.7. The molecule has 1 atom stereocenters. The van der Waals surface area contributed by atoms with Crippen LogP contribution >= 0.6 is 0 Å². The average molecular weight is 286 g/mol. The molecule has 0 aliphatic heterocycles. The second-order valence-corrected chi connectivity index (χ2v) is 4.89. The maximum Gasteiger partial charge on any atom is 0.251 e. The second kappa shape index (κ2) is 6.99. The van der Waals surface area contributed by atoms with Crippen molar-refractivity contribution in [3.63, 3.8) is 0 Å². The van der Waals surface area contributed by atoms with Gasteiger partial charge in [-0.05, 0) is 48.4 Å². The van der Waals surface area contributed by atoms with Crippen molar-refractivity contribution in [1.82, 2.24) is 5.32 Å². The van der Waals surface area contributed by atoms with Crippen LogP contribution in [0.1, 0.15) is 33.8 Å². The van der Waals surface area contributed by atoms with Crippen molar-refractivity contribution in [3.05, 3.63) is 71.0 Å². The molecule has 0 heterocycles. The predicted octanol–water partition coefficient (Wildman–Crippen LogP) is 2.67. The molecule has 4 heteroatoms. The summed E-state index contributed by atoms with van der Waals surface area (Å²) < 4.78 is 13.1. The van der Waals surface area contributed by atoms with Crippen molar-refractivity contribution in [3.8, 4) is 0 Å². The van der Waals surface area contributed by atoms with Crippen LogP contribution in [0.2, 0.25) is 0 Å². The number of halogens is 1. The van der Waals surface area contributed by atoms with E-state index >= 15 is 0 Å². The third-order valence-corrected chi connectivity index (χ3v) is 3.51. The minimum atomic E-state index is -0.260. The lowest BCUT2D eigenvalue weighted by Gasteiger charge is -2.18. The zero-order valence-corrected chi connectivity index (χ0v) is 12.0. The maximum absolute atomic E-state index is 13.1. The molecule has 0 aliphatic carbocycles. The first-order valence-electron chi connectivity index (χ1n) is 6.93. The summed E-state index contributed by atoms with van der Waals surface area (Å²) in [5.41, 5.74) is 8.32. The van der Waals surface area contributed by atoms with E-state index < -0.39 is 0 Å². The minimum Gasteiger partial charge on any atom is -0.355 e. The Morgan fingerprint density at radius 3 is 2.52 bits per heavy atom. The number of hydrogen-bond donors (Lipinski definition) is 2. The average Bonchev–Trinajstić information content (AvgIpc) is 2.53. The Bertz CT molecular complexity index is 610. The smallest absolute Gasteiger partial charge is 0.251 e. The molecule has 110 valence electrons. The number of amides is 1. The Morgan fingerprint density at radius 1 is 1.19 bits per heavy atom. The molecule has 0 bridgehead atoms. The SMILES string of the molecule is CNC(=O)c1cccc(C(CCN)c2ccc(F)cc2)c1. The molecule has 0 spiro atoms. The van der Waals surface area contributed by atoms with Gasteiger partial charge in [-0.15, -0.1) is 0 Å². The first kappa shape index (κ1) is 15.2. The Hall–Kier alpha value is -2.20. The Labute approximate surface area is 124 Å². The van der Waals surface area contributed by atoms with E-state index in [0.29, 0.717) is 12.1 Å². The van der Waals surface area contributed by atoms with Crippen LogP contribution < -0.4 is 11.1 Å². The normalized spacial score (nSPS) is 12.0. The lowest BCUT2D eigenvalue weighted by atomic mass is 9.87. The van der Waals surface area contributed by atoms with Crippen molar-refractivity contribution in [2.45, 2.75) is 12.3 Å². The fourth-order valence-electron chi connectivity index (χ4n) is 2.43. The number of carbonyl (C=O) groups excluding carboxylic acids is 1. The fraction of sp³-hybridized carbons (Fsp3) is 0.235. The quantitative estimate of drug-likeness (QED) is 0.888. The van der Waals surface area contributed by atoms with Gasteiger partial charge in [0.05, 0.1) is 0 Å². The highest BCUT2D eigenvalue weighted by Crippen LogP contribution is 2.28. The van der Waals surface area contributed by atoms with Crippen LogP contribution in [0.3, 0.4) is 0 Å². The van der Waals surface area contributed by atoms with Gasteiger partial charge in [0.15, 0.2) is 0 Å². The van der Waals surface area contributed by atoms with Crippen LogP contribution in [0.5, 0.6) is 0 Å². The van der Waals surface area contributed by atoms with E-state index in [1.54, 1.807) is 25.2 Å². The predicted molar refractivity (Wildman–Crippen MR) is 81.7 cm³/mol. The van der Waals surface area contributed by atoms with Gasteiger partial charge in [0.2, 0.25) is 0 Å². The van der Waals surface area contributed by atoms with E-state index in [1.165, 1.54) is 12.1 Å². The number of carbonyl (C=O) groups is 1. The summed E-state index contributed by atoms with van der Waals surface area (Å²) in [5.74, 6) is -0.327. The van der Waals surface area contributed by atoms with Gasteiger partial charge in [-0.3, -0.25) is 4.79 Å². The molecular weight excluding hydrogens is 267 g/mol. The molecule has 0 saturated heterocycles. The first-order valence-corrected chi connectivity index (χ1v) is 6.93. The molecule has 0 fully saturated rings. The molecule has 0 saturated carbocycles. The van der Waals surface area contributed by atoms with E-state index in [-0.39, 0.29) is 17.6 Å². The largest absolute Gasteiger partial charge is 0.355 e. The highest BCUT2D eigenvalue weighted by Gasteiger charge is 2.15. The van der Waals surface area contributed by atoms with E-state index in [9.17, 15) is 9.18 Å². The van der Waals surface area contributed by atoms with Gasteiger partial charge < -0.3 is 11.1 Å². The van der Waals surface area contributed by atoms with Gasteiger partial charge in [-0.1, -0.05) is 24.3 Å². The molecule has 0 aliphatic rings. The maximum atomic E-state index is 13.1. The van der Waals surface area contributed by atoms with Gasteiger partial charge in [0.25, 0.3) is 5.91 Å². The summed E-state index contributed by atoms with van der Waals surface area (Å²) in [6, 6.07) is 13.9. The molecule has 1 amide bonds. The second-order valence-electron chi connectivity index (χ2n) is 4.89. The van der Waals surface area contributed by atoms with Crippen LogP contribution in [0, 0.1) is 5.82 Å². The molecule has 3 nitrogen and oxygen atoms in total. The first-order chi connectivity index (χ1) is 10.2. The molecule has 0 radical (unpaired) electrons. The minimum absolute atomic E-state index is 0.0557. The molecule has 1 unspecified atom stereocenters. The van der Waals surface area contributed by atoms with Crippen molar-refractivity contribution < 1.29 is 9.18 Å². The zero-order valence-electron chi connectivity index (χ0n) is 12.0. The molecule has 2 aromatic carbocycles. The van der Waals surface area contributed by atoms with Crippen molar-refractivity contribution in [2.75, 3.05) is 13.6 Å². The number of nitrogens with two attached hydrogens (primary N) is 1. The van der Waals surface area contributed by atoms with Gasteiger partial charge in [-0.25, -0.2) is 4.39 Å². The molecular formula is C17H19FN2O. The van der Waals surface area contributed by atoms with Gasteiger partial charge in [-0.2, -0.15) is 0 Å². The van der Waals surface area contributed by atoms with Crippen LogP contribution in [-0.2, 0) is 0 Å². The molecule has 0 aromatic heterocycles. The third-order valence-electron chi connectivity index (χ3n) is 3.51. The molecule has 21 heavy (non-hydrogen) atoms. The molecule has 3 N–H and O–H groups in total. The van der Waals surface area contributed by atoms with Crippen molar-refractivity contribution in [1.29, 1.82) is 0 Å². The summed E-state index contributed by atoms with van der Waals surface area (Å²) in [5, 5.41) is 2.61. The zero-order chi connectivity index (χ0) is 15.2. The third kappa shape index (κ3) is 3.67. The monoisotopic (exact) mass is 286 g/mol. The lowest BCUT2D eigenvalue weighted by molar-refractivity contribution is 0.0963. The van der Waals surface area contributed by atoms with E-state index in [4.69, 9.17) is 5.73 Å². The number of benzene rings is 2. The Balaban J connectivity index is 2.38. The van der Waals surface area contributed by atoms with Crippen LogP contribution in [0.25, 0.3) is 0 Å². The van der Waals surface area contributed by atoms with Crippen LogP contribution in [0.4, 0.5) is 4.39 Å². The number of nitrogens with one attached hydrogen (secondary N) is 1. The summed E-state index contributed by atoms with van der Waals surface area (Å²) in [6.45, 7) is 0.520. The summed E-state index contributed by atoms with van der Waals surface area (Å²) in [7, 11) is 1.60. The number of rotatable bonds is 5. The van der Waals surface area contributed by atoms with Crippen molar-refractivity contribution >= 4 is 5.91 Å². The van der Waals surface area contributed by atoms with E-state index in [0.717, 1.165) is 17.5 Å². The van der Waals surface area contributed by atoms with Gasteiger partial charge in [0.1, 0.15) is 5.82 Å². The van der Waals surface area contributed by atoms with E-state index in [1.807, 2.05) is 18.2 Å². The molecule has 2 aromatic rings. The Morgan fingerprint density at radius 2 is 1.90 bits per heavy atom. The standard InChI is InChI=1S/C17H19FN2O/c1-20-17(21)14-4-2-3-13(11-14)16(9-10-19)12-5-7-15(18)8-6-12/h2-8,11,16H,9-10,19H2,1H3,(H,20,21). The van der Waals surface area contributed by atoms with Gasteiger partial charge in [0, 0.05) is 18.5 Å². The van der Waals surface area contributed by atoms with Crippen LogP contribution in [0.15, 0.2) is 48.5 Å². The lowest BCUT2D eigenvalue weighted by Crippen LogP contribution is -2.18. The number of hydrogen-bond acceptors (Lipinski definition) is 2. The summed E-state index contributed by atoms with van der Waals surface area (Å²) in [6.07, 6.45) is 0.739. The van der Waals surface area contributed by atoms with E-state index in [2.05, 4.69) is 5.32 Å².